The molecule has 0 aliphatic heterocycles. The lowest BCUT2D eigenvalue weighted by atomic mass is 10.2. The van der Waals surface area contributed by atoms with Gasteiger partial charge in [-0.3, -0.25) is 4.79 Å². The summed E-state index contributed by atoms with van der Waals surface area (Å²) >= 11 is 4.77. The van der Waals surface area contributed by atoms with Crippen molar-refractivity contribution in [3.8, 4) is 0 Å². The van der Waals surface area contributed by atoms with E-state index in [1.165, 1.54) is 0 Å². The zero-order valence-corrected chi connectivity index (χ0v) is 9.76. The van der Waals surface area contributed by atoms with Gasteiger partial charge in [0, 0.05) is 26.1 Å². The summed E-state index contributed by atoms with van der Waals surface area (Å²) in [5.41, 5.74) is 5.39. The fourth-order valence-corrected chi connectivity index (χ4v) is 1.21. The third-order valence-corrected chi connectivity index (χ3v) is 2.15. The van der Waals surface area contributed by atoms with Crippen molar-refractivity contribution in [1.82, 2.24) is 4.90 Å². The van der Waals surface area contributed by atoms with Crippen molar-refractivity contribution in [2.24, 2.45) is 5.73 Å². The minimum Gasteiger partial charge on any atom is -0.393 e. The number of carbonyl (C=O) groups is 1. The highest BCUT2D eigenvalue weighted by Gasteiger charge is 2.15. The lowest BCUT2D eigenvalue weighted by molar-refractivity contribution is -0.136. The van der Waals surface area contributed by atoms with Gasteiger partial charge in [0.1, 0.15) is 6.61 Å². The van der Waals surface area contributed by atoms with Gasteiger partial charge in [-0.1, -0.05) is 12.2 Å². The molecule has 4 nitrogen and oxygen atoms in total. The van der Waals surface area contributed by atoms with Crippen LogP contribution in [0.3, 0.4) is 0 Å². The van der Waals surface area contributed by atoms with Gasteiger partial charge >= 0.3 is 0 Å². The van der Waals surface area contributed by atoms with Crippen LogP contribution in [0.2, 0.25) is 0 Å². The van der Waals surface area contributed by atoms with Crippen molar-refractivity contribution < 1.29 is 9.53 Å². The molecule has 0 aliphatic carbocycles. The Morgan fingerprint density at radius 3 is 2.64 bits per heavy atom. The summed E-state index contributed by atoms with van der Waals surface area (Å²) in [6.07, 6.45) is 0.545. The zero-order chi connectivity index (χ0) is 11.1. The first-order chi connectivity index (χ1) is 6.49. The number of hydrogen-bond donors (Lipinski definition) is 1. The molecule has 0 aromatic carbocycles. The first kappa shape index (κ1) is 13.3. The van der Waals surface area contributed by atoms with E-state index in [1.54, 1.807) is 11.9 Å². The molecule has 0 aliphatic rings. The minimum atomic E-state index is -0.0457. The lowest BCUT2D eigenvalue weighted by Gasteiger charge is -2.24. The van der Waals surface area contributed by atoms with Crippen LogP contribution in [-0.4, -0.2) is 42.1 Å². The van der Waals surface area contributed by atoms with Gasteiger partial charge in [-0.2, -0.15) is 0 Å². The molecule has 0 fully saturated rings. The van der Waals surface area contributed by atoms with Gasteiger partial charge in [0.15, 0.2) is 0 Å². The van der Waals surface area contributed by atoms with E-state index >= 15 is 0 Å². The second-order valence-corrected chi connectivity index (χ2v) is 3.69. The van der Waals surface area contributed by atoms with Crippen molar-refractivity contribution >= 4 is 23.1 Å². The van der Waals surface area contributed by atoms with Gasteiger partial charge in [0.2, 0.25) is 5.91 Å². The fourth-order valence-electron chi connectivity index (χ4n) is 0.965. The average Bonchev–Trinajstić information content (AvgIpc) is 2.11. The summed E-state index contributed by atoms with van der Waals surface area (Å²) in [6, 6.07) is 0.0282. The largest absolute Gasteiger partial charge is 0.393 e. The maximum Gasteiger partial charge on any atom is 0.248 e. The Morgan fingerprint density at radius 1 is 1.64 bits per heavy atom. The molecular weight excluding hydrogens is 200 g/mol. The van der Waals surface area contributed by atoms with Crippen LogP contribution in [0, 0.1) is 0 Å². The highest BCUT2D eigenvalue weighted by atomic mass is 32.1. The Morgan fingerprint density at radius 2 is 2.21 bits per heavy atom. The molecule has 0 aromatic rings. The molecule has 0 radical (unpaired) electrons. The highest BCUT2D eigenvalue weighted by molar-refractivity contribution is 7.80. The van der Waals surface area contributed by atoms with Gasteiger partial charge in [-0.05, 0) is 13.8 Å². The summed E-state index contributed by atoms with van der Waals surface area (Å²) in [5.74, 6) is -0.0457. The summed E-state index contributed by atoms with van der Waals surface area (Å²) in [5, 5.41) is 0. The predicted molar refractivity (Wildman–Crippen MR) is 60.1 cm³/mol. The molecule has 0 saturated heterocycles. The molecule has 0 aromatic heterocycles. The number of thiocarbonyl (C=S) groups is 1. The van der Waals surface area contributed by atoms with Crippen LogP contribution < -0.4 is 5.73 Å². The molecule has 14 heavy (non-hydrogen) atoms. The van der Waals surface area contributed by atoms with E-state index in [4.69, 9.17) is 22.7 Å². The number of ether oxygens (including phenoxy) is 1. The fraction of sp³-hybridized carbons (Fsp3) is 0.778. The molecular formula is C9H18N2O2S. The quantitative estimate of drug-likeness (QED) is 0.661. The van der Waals surface area contributed by atoms with Crippen LogP contribution in [0.5, 0.6) is 0 Å². The van der Waals surface area contributed by atoms with Crippen molar-refractivity contribution in [3.63, 3.8) is 0 Å². The Balaban J connectivity index is 3.96. The summed E-state index contributed by atoms with van der Waals surface area (Å²) in [6.45, 7) is 4.42. The smallest absolute Gasteiger partial charge is 0.248 e. The standard InChI is InChI=1S/C9H18N2O2S/c1-4-13-6-9(12)11(3)7(2)5-8(10)14/h7H,4-6H2,1-3H3,(H2,10,14). The number of carbonyl (C=O) groups excluding carboxylic acids is 1. The molecule has 1 atom stereocenters. The van der Waals surface area contributed by atoms with Gasteiger partial charge < -0.3 is 15.4 Å². The third kappa shape index (κ3) is 5.14. The van der Waals surface area contributed by atoms with Crippen molar-refractivity contribution in [1.29, 1.82) is 0 Å². The molecule has 1 amide bonds. The van der Waals surface area contributed by atoms with Gasteiger partial charge in [-0.25, -0.2) is 0 Å². The van der Waals surface area contributed by atoms with Crippen LogP contribution in [0.25, 0.3) is 0 Å². The summed E-state index contributed by atoms with van der Waals surface area (Å²) in [4.78, 5) is 13.5. The second kappa shape index (κ2) is 6.73. The van der Waals surface area contributed by atoms with Crippen LogP contribution >= 0.6 is 12.2 Å². The number of hydrogen-bond acceptors (Lipinski definition) is 3. The molecule has 2 N–H and O–H groups in total. The molecule has 0 spiro atoms. The Labute approximate surface area is 90.4 Å². The molecule has 82 valence electrons. The van der Waals surface area contributed by atoms with E-state index in [9.17, 15) is 4.79 Å². The monoisotopic (exact) mass is 218 g/mol. The SMILES string of the molecule is CCOCC(=O)N(C)C(C)CC(N)=S. The summed E-state index contributed by atoms with van der Waals surface area (Å²) in [7, 11) is 1.73. The molecule has 1 unspecified atom stereocenters. The van der Waals surface area contributed by atoms with Crippen LogP contribution in [0.15, 0.2) is 0 Å². The Bertz CT molecular complexity index is 209. The molecule has 0 saturated carbocycles. The van der Waals surface area contributed by atoms with E-state index in [0.717, 1.165) is 0 Å². The number of amides is 1. The summed E-state index contributed by atoms with van der Waals surface area (Å²) < 4.78 is 5.02. The second-order valence-electron chi connectivity index (χ2n) is 3.16. The topological polar surface area (TPSA) is 55.6 Å². The van der Waals surface area contributed by atoms with Crippen molar-refractivity contribution in [2.45, 2.75) is 26.3 Å². The number of likely N-dealkylation sites (N-methyl/N-ethyl adjacent to an activating group) is 1. The van der Waals surface area contributed by atoms with Crippen LogP contribution in [0.1, 0.15) is 20.3 Å². The van der Waals surface area contributed by atoms with Crippen molar-refractivity contribution in [2.75, 3.05) is 20.3 Å². The number of nitrogens with two attached hydrogens (primary N) is 1. The molecule has 0 bridgehead atoms. The van der Waals surface area contributed by atoms with E-state index in [1.807, 2.05) is 13.8 Å². The maximum absolute atomic E-state index is 11.4. The molecule has 0 rings (SSSR count). The number of rotatable bonds is 6. The first-order valence-corrected chi connectivity index (χ1v) is 5.01. The maximum atomic E-state index is 11.4. The first-order valence-electron chi connectivity index (χ1n) is 4.60. The predicted octanol–water partition coefficient (Wildman–Crippen LogP) is 0.546. The molecule has 5 heteroatoms. The average molecular weight is 218 g/mol. The Hall–Kier alpha value is -0.680. The molecule has 0 heterocycles. The van der Waals surface area contributed by atoms with E-state index < -0.39 is 0 Å². The zero-order valence-electron chi connectivity index (χ0n) is 8.95. The van der Waals surface area contributed by atoms with Crippen molar-refractivity contribution in [3.05, 3.63) is 0 Å². The third-order valence-electron chi connectivity index (χ3n) is 1.98. The lowest BCUT2D eigenvalue weighted by Crippen LogP contribution is -2.39. The highest BCUT2D eigenvalue weighted by Crippen LogP contribution is 2.01. The number of nitrogens with zero attached hydrogens (tertiary/aromatic N) is 1. The van der Waals surface area contributed by atoms with Crippen LogP contribution in [-0.2, 0) is 9.53 Å². The van der Waals surface area contributed by atoms with Gasteiger partial charge in [-0.15, -0.1) is 0 Å². The Kier molecular flexibility index (Phi) is 6.40. The van der Waals surface area contributed by atoms with Gasteiger partial charge in [0.05, 0.1) is 4.99 Å². The van der Waals surface area contributed by atoms with E-state index in [0.29, 0.717) is 18.0 Å². The van der Waals surface area contributed by atoms with E-state index in [-0.39, 0.29) is 18.6 Å². The van der Waals surface area contributed by atoms with Gasteiger partial charge in [0.25, 0.3) is 0 Å². The van der Waals surface area contributed by atoms with Crippen LogP contribution in [0.4, 0.5) is 0 Å². The normalized spacial score (nSPS) is 12.2. The van der Waals surface area contributed by atoms with E-state index in [2.05, 4.69) is 0 Å². The minimum absolute atomic E-state index is 0.0282.